The quantitative estimate of drug-likeness (QED) is 0.755. The number of tetrazole rings is 1. The summed E-state index contributed by atoms with van der Waals surface area (Å²) in [4.78, 5) is 0. The Morgan fingerprint density at radius 1 is 1.14 bits per heavy atom. The molecule has 0 saturated carbocycles. The molecule has 0 unspecified atom stereocenters. The summed E-state index contributed by atoms with van der Waals surface area (Å²) in [6.07, 6.45) is 0. The van der Waals surface area contributed by atoms with Crippen molar-refractivity contribution in [2.75, 3.05) is 5.73 Å². The van der Waals surface area contributed by atoms with Gasteiger partial charge in [0.1, 0.15) is 5.82 Å². The van der Waals surface area contributed by atoms with Crippen molar-refractivity contribution in [3.8, 4) is 11.4 Å². The van der Waals surface area contributed by atoms with Crippen molar-refractivity contribution in [2.45, 2.75) is 6.54 Å². The summed E-state index contributed by atoms with van der Waals surface area (Å²) >= 11 is 6.02. The Kier molecular flexibility index (Phi) is 3.53. The average Bonchev–Trinajstić information content (AvgIpc) is 2.92. The molecule has 0 radical (unpaired) electrons. The molecule has 1 heterocycles. The van der Waals surface area contributed by atoms with Crippen molar-refractivity contribution in [2.24, 2.45) is 0 Å². The summed E-state index contributed by atoms with van der Waals surface area (Å²) in [5.41, 5.74) is 7.93. The van der Waals surface area contributed by atoms with E-state index in [-0.39, 0.29) is 5.82 Å². The molecule has 106 valence electrons. The SMILES string of the molecule is Nc1c(Cl)cccc1-c1nnnn1Cc1ccc(F)cc1. The number of aromatic nitrogens is 4. The van der Waals surface area contributed by atoms with E-state index < -0.39 is 0 Å². The summed E-state index contributed by atoms with van der Waals surface area (Å²) in [6.45, 7) is 0.411. The van der Waals surface area contributed by atoms with Gasteiger partial charge in [0.05, 0.1) is 17.3 Å². The lowest BCUT2D eigenvalue weighted by Gasteiger charge is -2.08. The monoisotopic (exact) mass is 303 g/mol. The third-order valence-corrected chi connectivity index (χ3v) is 3.40. The maximum absolute atomic E-state index is 12.9. The Labute approximate surface area is 125 Å². The molecule has 0 saturated heterocycles. The number of rotatable bonds is 3. The zero-order valence-corrected chi connectivity index (χ0v) is 11.6. The van der Waals surface area contributed by atoms with Gasteiger partial charge in [0, 0.05) is 5.56 Å². The zero-order chi connectivity index (χ0) is 14.8. The topological polar surface area (TPSA) is 69.6 Å². The number of halogens is 2. The fourth-order valence-corrected chi connectivity index (χ4v) is 2.17. The van der Waals surface area contributed by atoms with E-state index in [4.69, 9.17) is 17.3 Å². The summed E-state index contributed by atoms with van der Waals surface area (Å²) in [5, 5.41) is 12.1. The first kappa shape index (κ1) is 13.5. The first-order chi connectivity index (χ1) is 10.1. The summed E-state index contributed by atoms with van der Waals surface area (Å²) in [7, 11) is 0. The van der Waals surface area contributed by atoms with Crippen LogP contribution in [0.2, 0.25) is 5.02 Å². The average molecular weight is 304 g/mol. The number of anilines is 1. The lowest BCUT2D eigenvalue weighted by atomic mass is 10.1. The third-order valence-electron chi connectivity index (χ3n) is 3.07. The van der Waals surface area contributed by atoms with Crippen LogP contribution >= 0.6 is 11.6 Å². The fraction of sp³-hybridized carbons (Fsp3) is 0.0714. The first-order valence-corrected chi connectivity index (χ1v) is 6.58. The van der Waals surface area contributed by atoms with Gasteiger partial charge in [-0.05, 0) is 40.3 Å². The van der Waals surface area contributed by atoms with Crippen LogP contribution < -0.4 is 5.73 Å². The summed E-state index contributed by atoms with van der Waals surface area (Å²) < 4.78 is 14.5. The van der Waals surface area contributed by atoms with Crippen LogP contribution in [-0.2, 0) is 6.54 Å². The zero-order valence-electron chi connectivity index (χ0n) is 10.9. The molecule has 0 atom stereocenters. The van der Waals surface area contributed by atoms with Crippen molar-refractivity contribution < 1.29 is 4.39 Å². The Balaban J connectivity index is 1.97. The molecular weight excluding hydrogens is 293 g/mol. The van der Waals surface area contributed by atoms with Crippen LogP contribution in [-0.4, -0.2) is 20.2 Å². The van der Waals surface area contributed by atoms with Gasteiger partial charge < -0.3 is 5.73 Å². The Morgan fingerprint density at radius 3 is 2.67 bits per heavy atom. The molecule has 5 nitrogen and oxygen atoms in total. The highest BCUT2D eigenvalue weighted by atomic mass is 35.5. The minimum absolute atomic E-state index is 0.283. The molecular formula is C14H11ClFN5. The van der Waals surface area contributed by atoms with Gasteiger partial charge >= 0.3 is 0 Å². The molecule has 1 aromatic heterocycles. The molecule has 2 N–H and O–H groups in total. The van der Waals surface area contributed by atoms with Crippen molar-refractivity contribution >= 4 is 17.3 Å². The lowest BCUT2D eigenvalue weighted by Crippen LogP contribution is -2.05. The van der Waals surface area contributed by atoms with E-state index in [1.807, 2.05) is 0 Å². The van der Waals surface area contributed by atoms with Gasteiger partial charge in [-0.1, -0.05) is 29.8 Å². The molecule has 3 rings (SSSR count). The highest BCUT2D eigenvalue weighted by molar-refractivity contribution is 6.33. The molecule has 0 amide bonds. The number of para-hydroxylation sites is 1. The standard InChI is InChI=1S/C14H11ClFN5/c15-12-3-1-2-11(13(12)17)14-18-19-20-21(14)8-9-4-6-10(16)7-5-9/h1-7H,8,17H2. The number of benzene rings is 2. The largest absolute Gasteiger partial charge is 0.397 e. The van der Waals surface area contributed by atoms with E-state index in [9.17, 15) is 4.39 Å². The van der Waals surface area contributed by atoms with E-state index in [1.54, 1.807) is 35.0 Å². The number of hydrogen-bond acceptors (Lipinski definition) is 4. The van der Waals surface area contributed by atoms with Crippen LogP contribution in [0.25, 0.3) is 11.4 Å². The van der Waals surface area contributed by atoms with E-state index in [0.717, 1.165) is 5.56 Å². The maximum atomic E-state index is 12.9. The first-order valence-electron chi connectivity index (χ1n) is 6.20. The minimum Gasteiger partial charge on any atom is -0.397 e. The smallest absolute Gasteiger partial charge is 0.184 e. The summed E-state index contributed by atoms with van der Waals surface area (Å²) in [5.74, 6) is 0.231. The molecule has 2 aromatic carbocycles. The van der Waals surface area contributed by atoms with E-state index in [0.29, 0.717) is 28.6 Å². The van der Waals surface area contributed by atoms with Crippen molar-refractivity contribution in [1.82, 2.24) is 20.2 Å². The maximum Gasteiger partial charge on any atom is 0.184 e. The molecule has 7 heteroatoms. The predicted molar refractivity (Wildman–Crippen MR) is 78.2 cm³/mol. The van der Waals surface area contributed by atoms with Crippen LogP contribution in [0, 0.1) is 5.82 Å². The second-order valence-corrected chi connectivity index (χ2v) is 4.89. The van der Waals surface area contributed by atoms with Crippen LogP contribution in [0.3, 0.4) is 0 Å². The van der Waals surface area contributed by atoms with Crippen molar-refractivity contribution in [1.29, 1.82) is 0 Å². The highest BCUT2D eigenvalue weighted by Crippen LogP contribution is 2.29. The van der Waals surface area contributed by atoms with Gasteiger partial charge in [0.25, 0.3) is 0 Å². The minimum atomic E-state index is -0.283. The van der Waals surface area contributed by atoms with E-state index in [2.05, 4.69) is 15.5 Å². The third kappa shape index (κ3) is 2.71. The molecule has 0 spiro atoms. The highest BCUT2D eigenvalue weighted by Gasteiger charge is 2.13. The molecule has 0 bridgehead atoms. The molecule has 3 aromatic rings. The fourth-order valence-electron chi connectivity index (χ4n) is 2.00. The van der Waals surface area contributed by atoms with Gasteiger partial charge in [-0.3, -0.25) is 0 Å². The van der Waals surface area contributed by atoms with Gasteiger partial charge in [-0.25, -0.2) is 9.07 Å². The van der Waals surface area contributed by atoms with E-state index >= 15 is 0 Å². The molecule has 0 aliphatic rings. The van der Waals surface area contributed by atoms with Crippen LogP contribution in [0.5, 0.6) is 0 Å². The Bertz CT molecular complexity index is 769. The van der Waals surface area contributed by atoms with Crippen LogP contribution in [0.1, 0.15) is 5.56 Å². The molecule has 0 aliphatic heterocycles. The second-order valence-electron chi connectivity index (χ2n) is 4.49. The lowest BCUT2D eigenvalue weighted by molar-refractivity contribution is 0.622. The van der Waals surface area contributed by atoms with Crippen molar-refractivity contribution in [3.63, 3.8) is 0 Å². The predicted octanol–water partition coefficient (Wildman–Crippen LogP) is 2.76. The van der Waals surface area contributed by atoms with Crippen LogP contribution in [0.15, 0.2) is 42.5 Å². The number of nitrogen functional groups attached to an aromatic ring is 1. The van der Waals surface area contributed by atoms with Gasteiger partial charge in [-0.2, -0.15) is 0 Å². The molecule has 0 fully saturated rings. The van der Waals surface area contributed by atoms with Crippen LogP contribution in [0.4, 0.5) is 10.1 Å². The van der Waals surface area contributed by atoms with Gasteiger partial charge in [0.15, 0.2) is 5.82 Å². The summed E-state index contributed by atoms with van der Waals surface area (Å²) in [6, 6.07) is 11.4. The van der Waals surface area contributed by atoms with Gasteiger partial charge in [-0.15, -0.1) is 5.10 Å². The second kappa shape index (κ2) is 5.49. The number of nitrogens with zero attached hydrogens (tertiary/aromatic N) is 4. The number of hydrogen-bond donors (Lipinski definition) is 1. The molecule has 21 heavy (non-hydrogen) atoms. The Hall–Kier alpha value is -2.47. The van der Waals surface area contributed by atoms with Gasteiger partial charge in [0.2, 0.25) is 0 Å². The van der Waals surface area contributed by atoms with E-state index in [1.165, 1.54) is 12.1 Å². The normalized spacial score (nSPS) is 10.8. The van der Waals surface area contributed by atoms with Crippen molar-refractivity contribution in [3.05, 3.63) is 58.9 Å². The number of nitrogens with two attached hydrogens (primary N) is 1. The molecule has 0 aliphatic carbocycles. The Morgan fingerprint density at radius 2 is 1.90 bits per heavy atom.